The van der Waals surface area contributed by atoms with E-state index in [1.807, 2.05) is 42.5 Å². The Morgan fingerprint density at radius 2 is 1.47 bits per heavy atom. The Morgan fingerprint density at radius 3 is 2.26 bits per heavy atom. The molecule has 1 aliphatic carbocycles. The summed E-state index contributed by atoms with van der Waals surface area (Å²) in [6.07, 6.45) is 4.11. The summed E-state index contributed by atoms with van der Waals surface area (Å²) < 4.78 is 0. The largest absolute Gasteiger partial charge is 0.350 e. The van der Waals surface area contributed by atoms with Crippen LogP contribution in [0.25, 0.3) is 10.8 Å². The van der Waals surface area contributed by atoms with Crippen molar-refractivity contribution in [2.24, 2.45) is 5.92 Å². The van der Waals surface area contributed by atoms with Gasteiger partial charge in [-0.3, -0.25) is 9.59 Å². The van der Waals surface area contributed by atoms with Gasteiger partial charge in [0.05, 0.1) is 0 Å². The smallest absolute Gasteiger partial charge is 0.315 e. The number of benzene rings is 3. The van der Waals surface area contributed by atoms with E-state index in [1.54, 1.807) is 24.3 Å². The molecule has 1 fully saturated rings. The minimum atomic E-state index is -0.287. The van der Waals surface area contributed by atoms with E-state index in [0.717, 1.165) is 42.0 Å². The van der Waals surface area contributed by atoms with Crippen LogP contribution in [-0.4, -0.2) is 30.9 Å². The monoisotopic (exact) mass is 458 g/mol. The fourth-order valence-electron chi connectivity index (χ4n) is 4.28. The molecule has 0 atom stereocenters. The standard InChI is InChI=1S/C27H30N4O3/c32-25(21-12-14-23(15-13-21)31-26(33)20-7-1-2-8-20)28-16-17-29-27(34)30-18-22-10-5-9-19-6-3-4-11-24(19)22/h3-6,9-15,20H,1-2,7-8,16-18H2,(H,28,32)(H,31,33)(H2,29,30,34). The average molecular weight is 459 g/mol. The highest BCUT2D eigenvalue weighted by Crippen LogP contribution is 2.26. The van der Waals surface area contributed by atoms with Crippen molar-refractivity contribution in [1.29, 1.82) is 0 Å². The molecule has 0 heterocycles. The third-order valence-corrected chi connectivity index (χ3v) is 6.16. The van der Waals surface area contributed by atoms with E-state index in [4.69, 9.17) is 0 Å². The lowest BCUT2D eigenvalue weighted by atomic mass is 10.0. The summed E-state index contributed by atoms with van der Waals surface area (Å²) in [5.74, 6) is -0.0779. The Labute approximate surface area is 199 Å². The molecule has 4 rings (SSSR count). The SMILES string of the molecule is O=C(NCCNC(=O)c1ccc(NC(=O)C2CCCC2)cc1)NCc1cccc2ccccc12. The second-order valence-electron chi connectivity index (χ2n) is 8.55. The molecule has 176 valence electrons. The van der Waals surface area contributed by atoms with Gasteiger partial charge in [0.15, 0.2) is 0 Å². The molecular weight excluding hydrogens is 428 g/mol. The molecule has 4 amide bonds. The molecule has 3 aromatic rings. The van der Waals surface area contributed by atoms with Crippen molar-refractivity contribution in [3.8, 4) is 0 Å². The minimum absolute atomic E-state index is 0.0551. The van der Waals surface area contributed by atoms with Crippen molar-refractivity contribution in [1.82, 2.24) is 16.0 Å². The van der Waals surface area contributed by atoms with Crippen LogP contribution in [0.5, 0.6) is 0 Å². The van der Waals surface area contributed by atoms with Crippen molar-refractivity contribution in [2.75, 3.05) is 18.4 Å². The molecule has 0 aliphatic heterocycles. The van der Waals surface area contributed by atoms with Gasteiger partial charge in [-0.25, -0.2) is 4.79 Å². The second kappa shape index (κ2) is 11.3. The number of carbonyl (C=O) groups is 3. The highest BCUT2D eigenvalue weighted by molar-refractivity contribution is 5.96. The van der Waals surface area contributed by atoms with Crippen LogP contribution >= 0.6 is 0 Å². The molecule has 0 unspecified atom stereocenters. The maximum atomic E-state index is 12.3. The first kappa shape index (κ1) is 23.3. The van der Waals surface area contributed by atoms with Crippen molar-refractivity contribution in [3.05, 3.63) is 77.9 Å². The van der Waals surface area contributed by atoms with Crippen LogP contribution in [0.4, 0.5) is 10.5 Å². The van der Waals surface area contributed by atoms with Gasteiger partial charge < -0.3 is 21.3 Å². The van der Waals surface area contributed by atoms with Gasteiger partial charge in [-0.2, -0.15) is 0 Å². The van der Waals surface area contributed by atoms with E-state index < -0.39 is 0 Å². The Balaban J connectivity index is 1.16. The molecule has 0 spiro atoms. The summed E-state index contributed by atoms with van der Waals surface area (Å²) in [7, 11) is 0. The van der Waals surface area contributed by atoms with Crippen molar-refractivity contribution in [3.63, 3.8) is 0 Å². The number of carbonyl (C=O) groups excluding carboxylic acids is 3. The van der Waals surface area contributed by atoms with Crippen LogP contribution in [-0.2, 0) is 11.3 Å². The van der Waals surface area contributed by atoms with Crippen LogP contribution in [0, 0.1) is 5.92 Å². The molecule has 1 saturated carbocycles. The molecule has 7 heteroatoms. The van der Waals surface area contributed by atoms with Crippen LogP contribution in [0.1, 0.15) is 41.6 Å². The first-order valence-corrected chi connectivity index (χ1v) is 11.8. The maximum absolute atomic E-state index is 12.3. The quantitative estimate of drug-likeness (QED) is 0.381. The van der Waals surface area contributed by atoms with E-state index in [1.165, 1.54) is 0 Å². The van der Waals surface area contributed by atoms with Crippen molar-refractivity contribution < 1.29 is 14.4 Å². The van der Waals surface area contributed by atoms with Gasteiger partial charge in [0.25, 0.3) is 5.91 Å². The first-order chi connectivity index (χ1) is 16.6. The average Bonchev–Trinajstić information content (AvgIpc) is 3.41. The van der Waals surface area contributed by atoms with Gasteiger partial charge in [-0.1, -0.05) is 55.3 Å². The first-order valence-electron chi connectivity index (χ1n) is 11.8. The summed E-state index contributed by atoms with van der Waals surface area (Å²) in [4.78, 5) is 36.7. The summed E-state index contributed by atoms with van der Waals surface area (Å²) in [6.45, 7) is 1.03. The lowest BCUT2D eigenvalue weighted by Gasteiger charge is -2.11. The topological polar surface area (TPSA) is 99.3 Å². The van der Waals surface area contributed by atoms with Crippen molar-refractivity contribution >= 4 is 34.3 Å². The molecule has 7 nitrogen and oxygen atoms in total. The number of amides is 4. The molecule has 0 aromatic heterocycles. The molecule has 0 radical (unpaired) electrons. The lowest BCUT2D eigenvalue weighted by Crippen LogP contribution is -2.40. The van der Waals surface area contributed by atoms with E-state index in [9.17, 15) is 14.4 Å². The predicted octanol–water partition coefficient (Wildman–Crippen LogP) is 4.20. The van der Waals surface area contributed by atoms with Gasteiger partial charge in [0.1, 0.15) is 0 Å². The van der Waals surface area contributed by atoms with Crippen LogP contribution < -0.4 is 21.3 Å². The zero-order chi connectivity index (χ0) is 23.8. The highest BCUT2D eigenvalue weighted by Gasteiger charge is 2.22. The third-order valence-electron chi connectivity index (χ3n) is 6.16. The van der Waals surface area contributed by atoms with Crippen molar-refractivity contribution in [2.45, 2.75) is 32.2 Å². The van der Waals surface area contributed by atoms with Crippen LogP contribution in [0.15, 0.2) is 66.7 Å². The number of hydrogen-bond acceptors (Lipinski definition) is 3. The van der Waals surface area contributed by atoms with E-state index in [-0.39, 0.29) is 23.8 Å². The van der Waals surface area contributed by atoms with Gasteiger partial charge in [0.2, 0.25) is 5.91 Å². The second-order valence-corrected chi connectivity index (χ2v) is 8.55. The minimum Gasteiger partial charge on any atom is -0.350 e. The normalized spacial score (nSPS) is 13.4. The molecule has 34 heavy (non-hydrogen) atoms. The van der Waals surface area contributed by atoms with E-state index in [0.29, 0.717) is 30.9 Å². The predicted molar refractivity (Wildman–Crippen MR) is 134 cm³/mol. The molecule has 1 aliphatic rings. The third kappa shape index (κ3) is 6.13. The van der Waals surface area contributed by atoms with E-state index >= 15 is 0 Å². The Bertz CT molecular complexity index is 1150. The Hall–Kier alpha value is -3.87. The Kier molecular flexibility index (Phi) is 7.75. The number of hydrogen-bond donors (Lipinski definition) is 4. The van der Waals surface area contributed by atoms with E-state index in [2.05, 4.69) is 21.3 Å². The highest BCUT2D eigenvalue weighted by atomic mass is 16.2. The van der Waals surface area contributed by atoms with Gasteiger partial charge in [0, 0.05) is 36.8 Å². The number of fused-ring (bicyclic) bond motifs is 1. The lowest BCUT2D eigenvalue weighted by molar-refractivity contribution is -0.119. The van der Waals surface area contributed by atoms with Gasteiger partial charge in [-0.15, -0.1) is 0 Å². The summed E-state index contributed by atoms with van der Waals surface area (Å²) in [5, 5.41) is 13.6. The molecule has 3 aromatic carbocycles. The fourth-order valence-corrected chi connectivity index (χ4v) is 4.28. The van der Waals surface area contributed by atoms with Gasteiger partial charge in [-0.05, 0) is 53.4 Å². The number of nitrogens with one attached hydrogen (secondary N) is 4. The molecular formula is C27H30N4O3. The maximum Gasteiger partial charge on any atom is 0.315 e. The fraction of sp³-hybridized carbons (Fsp3) is 0.296. The number of rotatable bonds is 8. The Morgan fingerprint density at radius 1 is 0.765 bits per heavy atom. The van der Waals surface area contributed by atoms with Crippen LogP contribution in [0.3, 0.4) is 0 Å². The molecule has 0 saturated heterocycles. The number of anilines is 1. The van der Waals surface area contributed by atoms with Crippen LogP contribution in [0.2, 0.25) is 0 Å². The van der Waals surface area contributed by atoms with Gasteiger partial charge >= 0.3 is 6.03 Å². The summed E-state index contributed by atoms with van der Waals surface area (Å²) >= 11 is 0. The molecule has 4 N–H and O–H groups in total. The zero-order valence-corrected chi connectivity index (χ0v) is 19.1. The summed E-state index contributed by atoms with van der Waals surface area (Å²) in [5.41, 5.74) is 2.24. The zero-order valence-electron chi connectivity index (χ0n) is 19.1. The number of urea groups is 1. The molecule has 0 bridgehead atoms. The summed E-state index contributed by atoms with van der Waals surface area (Å²) in [6, 6.07) is 20.6.